The van der Waals surface area contributed by atoms with Gasteiger partial charge in [0.15, 0.2) is 5.82 Å². The van der Waals surface area contributed by atoms with Gasteiger partial charge in [0.2, 0.25) is 5.91 Å². The molecule has 0 spiro atoms. The zero-order chi connectivity index (χ0) is 21.7. The van der Waals surface area contributed by atoms with Gasteiger partial charge in [0.1, 0.15) is 23.4 Å². The summed E-state index contributed by atoms with van der Waals surface area (Å²) in [5.41, 5.74) is 3.38. The van der Waals surface area contributed by atoms with Crippen LogP contribution in [0.5, 0.6) is 11.5 Å². The molecule has 2 aliphatic rings. The Morgan fingerprint density at radius 1 is 1.26 bits per heavy atom. The molecule has 3 aromatic rings. The standard InChI is InChI=1S/C22H23N5O4/c1-4-30-17-8-13-7-11(2)31-16(13)9-14(17)15-10-20(29)23-22-21(15)12(3)26-27(22)18-5-6-19(28)25-24-18/h5-6,8-9,11,15H,4,7,10H2,1-3H3,(H,23,29)(H,25,28)/t11-,15+/m0/s1. The summed E-state index contributed by atoms with van der Waals surface area (Å²) in [5, 5.41) is 14.0. The van der Waals surface area contributed by atoms with Crippen LogP contribution in [0.15, 0.2) is 29.1 Å². The third-order valence-electron chi connectivity index (χ3n) is 5.69. The second kappa shape index (κ2) is 7.26. The number of nitrogens with one attached hydrogen (secondary N) is 2. The maximum absolute atomic E-state index is 12.7. The van der Waals surface area contributed by atoms with Crippen LogP contribution in [0.3, 0.4) is 0 Å². The molecule has 0 saturated carbocycles. The van der Waals surface area contributed by atoms with Gasteiger partial charge < -0.3 is 14.8 Å². The maximum Gasteiger partial charge on any atom is 0.264 e. The van der Waals surface area contributed by atoms with E-state index in [0.29, 0.717) is 18.2 Å². The fraction of sp³-hybridized carbons (Fsp3) is 0.364. The first-order valence-electron chi connectivity index (χ1n) is 10.4. The van der Waals surface area contributed by atoms with Crippen molar-refractivity contribution in [1.29, 1.82) is 0 Å². The molecule has 0 fully saturated rings. The summed E-state index contributed by atoms with van der Waals surface area (Å²) in [6, 6.07) is 6.98. The van der Waals surface area contributed by atoms with Crippen LogP contribution in [0.25, 0.3) is 5.82 Å². The number of hydrogen-bond donors (Lipinski definition) is 2. The molecule has 2 N–H and O–H groups in total. The maximum atomic E-state index is 12.7. The van der Waals surface area contributed by atoms with Crippen LogP contribution in [0.1, 0.15) is 48.6 Å². The Morgan fingerprint density at radius 3 is 2.84 bits per heavy atom. The molecule has 2 aliphatic heterocycles. The van der Waals surface area contributed by atoms with Gasteiger partial charge in [-0.2, -0.15) is 14.9 Å². The molecule has 0 radical (unpaired) electrons. The molecule has 0 bridgehead atoms. The Labute approximate surface area is 178 Å². The number of aryl methyl sites for hydroxylation is 1. The minimum atomic E-state index is -0.308. The van der Waals surface area contributed by atoms with E-state index in [-0.39, 0.29) is 29.9 Å². The molecule has 2 aromatic heterocycles. The van der Waals surface area contributed by atoms with Gasteiger partial charge in [-0.1, -0.05) is 0 Å². The highest BCUT2D eigenvalue weighted by molar-refractivity contribution is 5.95. The van der Waals surface area contributed by atoms with E-state index >= 15 is 0 Å². The summed E-state index contributed by atoms with van der Waals surface area (Å²) in [6.45, 7) is 6.41. The normalized spacial score (nSPS) is 19.4. The van der Waals surface area contributed by atoms with Crippen molar-refractivity contribution in [2.24, 2.45) is 0 Å². The zero-order valence-corrected chi connectivity index (χ0v) is 17.6. The van der Waals surface area contributed by atoms with Crippen molar-refractivity contribution >= 4 is 11.7 Å². The van der Waals surface area contributed by atoms with Gasteiger partial charge >= 0.3 is 0 Å². The van der Waals surface area contributed by atoms with Gasteiger partial charge in [-0.15, -0.1) is 0 Å². The van der Waals surface area contributed by atoms with E-state index in [0.717, 1.165) is 40.3 Å². The lowest BCUT2D eigenvalue weighted by Crippen LogP contribution is -2.25. The number of aromatic nitrogens is 4. The number of rotatable bonds is 4. The van der Waals surface area contributed by atoms with Crippen molar-refractivity contribution in [3.05, 3.63) is 57.0 Å². The van der Waals surface area contributed by atoms with Gasteiger partial charge in [-0.05, 0) is 39.0 Å². The van der Waals surface area contributed by atoms with Gasteiger partial charge in [-0.25, -0.2) is 5.10 Å². The number of aromatic amines is 1. The number of anilines is 1. The Kier molecular flexibility index (Phi) is 4.53. The lowest BCUT2D eigenvalue weighted by Gasteiger charge is -2.26. The van der Waals surface area contributed by atoms with E-state index in [1.165, 1.54) is 6.07 Å². The molecule has 31 heavy (non-hydrogen) atoms. The Balaban J connectivity index is 1.67. The van der Waals surface area contributed by atoms with Crippen LogP contribution in [-0.4, -0.2) is 38.6 Å². The molecular formula is C22H23N5O4. The number of amides is 1. The van der Waals surface area contributed by atoms with Crippen molar-refractivity contribution in [2.75, 3.05) is 11.9 Å². The SMILES string of the molecule is CCOc1cc2c(cc1[C@H]1CC(=O)Nc3c1c(C)nn3-c1ccc(=O)[nH]n1)O[C@@H](C)C2. The van der Waals surface area contributed by atoms with Crippen LogP contribution in [0, 0.1) is 6.92 Å². The van der Waals surface area contributed by atoms with Gasteiger partial charge in [0, 0.05) is 41.5 Å². The highest BCUT2D eigenvalue weighted by Crippen LogP contribution is 2.46. The summed E-state index contributed by atoms with van der Waals surface area (Å²) in [4.78, 5) is 24.1. The lowest BCUT2D eigenvalue weighted by atomic mass is 9.84. The summed E-state index contributed by atoms with van der Waals surface area (Å²) >= 11 is 0. The highest BCUT2D eigenvalue weighted by Gasteiger charge is 2.36. The van der Waals surface area contributed by atoms with Crippen molar-refractivity contribution < 1.29 is 14.3 Å². The van der Waals surface area contributed by atoms with Crippen molar-refractivity contribution in [3.8, 4) is 17.3 Å². The number of nitrogens with zero attached hydrogens (tertiary/aromatic N) is 3. The van der Waals surface area contributed by atoms with E-state index in [9.17, 15) is 9.59 Å². The molecular weight excluding hydrogens is 398 g/mol. The second-order valence-corrected chi connectivity index (χ2v) is 7.91. The zero-order valence-electron chi connectivity index (χ0n) is 17.6. The number of fused-ring (bicyclic) bond motifs is 2. The molecule has 0 aliphatic carbocycles. The van der Waals surface area contributed by atoms with Crippen molar-refractivity contribution in [2.45, 2.75) is 45.6 Å². The fourth-order valence-corrected chi connectivity index (χ4v) is 4.44. The Hall–Kier alpha value is -3.62. The monoisotopic (exact) mass is 421 g/mol. The molecule has 5 rings (SSSR count). The summed E-state index contributed by atoms with van der Waals surface area (Å²) in [6.07, 6.45) is 1.22. The van der Waals surface area contributed by atoms with Crippen LogP contribution in [0.2, 0.25) is 0 Å². The quantitative estimate of drug-likeness (QED) is 0.669. The van der Waals surface area contributed by atoms with E-state index in [4.69, 9.17) is 9.47 Å². The number of H-pyrrole nitrogens is 1. The van der Waals surface area contributed by atoms with Crippen molar-refractivity contribution in [3.63, 3.8) is 0 Å². The minimum Gasteiger partial charge on any atom is -0.494 e. The molecule has 9 nitrogen and oxygen atoms in total. The molecule has 0 unspecified atom stereocenters. The van der Waals surface area contributed by atoms with Gasteiger partial charge in [0.05, 0.1) is 12.3 Å². The third kappa shape index (κ3) is 3.26. The topological polar surface area (TPSA) is 111 Å². The smallest absolute Gasteiger partial charge is 0.264 e. The third-order valence-corrected chi connectivity index (χ3v) is 5.69. The predicted molar refractivity (Wildman–Crippen MR) is 113 cm³/mol. The van der Waals surface area contributed by atoms with Crippen LogP contribution < -0.4 is 20.3 Å². The molecule has 0 saturated heterocycles. The second-order valence-electron chi connectivity index (χ2n) is 7.91. The van der Waals surface area contributed by atoms with Crippen molar-refractivity contribution in [1.82, 2.24) is 20.0 Å². The summed E-state index contributed by atoms with van der Waals surface area (Å²) in [7, 11) is 0. The van der Waals surface area contributed by atoms with Gasteiger partial charge in [0.25, 0.3) is 5.56 Å². The number of hydrogen-bond acceptors (Lipinski definition) is 6. The average molecular weight is 421 g/mol. The number of ether oxygens (including phenoxy) is 2. The molecule has 1 amide bonds. The van der Waals surface area contributed by atoms with E-state index in [2.05, 4.69) is 20.6 Å². The lowest BCUT2D eigenvalue weighted by molar-refractivity contribution is -0.116. The molecule has 2 atom stereocenters. The predicted octanol–water partition coefficient (Wildman–Crippen LogP) is 2.46. The van der Waals surface area contributed by atoms with E-state index in [1.54, 1.807) is 10.7 Å². The number of carbonyl (C=O) groups excluding carboxylic acids is 1. The Bertz CT molecular complexity index is 1220. The van der Waals surface area contributed by atoms with E-state index in [1.807, 2.05) is 32.9 Å². The van der Waals surface area contributed by atoms with Crippen LogP contribution >= 0.6 is 0 Å². The van der Waals surface area contributed by atoms with E-state index < -0.39 is 0 Å². The van der Waals surface area contributed by atoms with Crippen LogP contribution in [-0.2, 0) is 11.2 Å². The number of benzene rings is 1. The first-order valence-corrected chi connectivity index (χ1v) is 10.4. The Morgan fingerprint density at radius 2 is 2.10 bits per heavy atom. The average Bonchev–Trinajstić information content (AvgIpc) is 3.26. The first kappa shape index (κ1) is 19.3. The van der Waals surface area contributed by atoms with Crippen LogP contribution in [0.4, 0.5) is 5.82 Å². The largest absolute Gasteiger partial charge is 0.494 e. The fourth-order valence-electron chi connectivity index (χ4n) is 4.44. The minimum absolute atomic E-state index is 0.112. The molecule has 1 aromatic carbocycles. The van der Waals surface area contributed by atoms with Gasteiger partial charge in [-0.3, -0.25) is 9.59 Å². The molecule has 9 heteroatoms. The summed E-state index contributed by atoms with van der Waals surface area (Å²) in [5.74, 6) is 2.20. The first-order chi connectivity index (χ1) is 14.9. The highest BCUT2D eigenvalue weighted by atomic mass is 16.5. The number of carbonyl (C=O) groups is 1. The molecule has 4 heterocycles. The summed E-state index contributed by atoms with van der Waals surface area (Å²) < 4.78 is 13.5. The molecule has 160 valence electrons.